The summed E-state index contributed by atoms with van der Waals surface area (Å²) in [5.74, 6) is 0.227. The molecule has 2 N–H and O–H groups in total. The molecule has 1 atom stereocenters. The normalized spacial score (nSPS) is 15.4. The van der Waals surface area contributed by atoms with E-state index in [4.69, 9.17) is 0 Å². The second kappa shape index (κ2) is 9.04. The van der Waals surface area contributed by atoms with Gasteiger partial charge in [-0.1, -0.05) is 54.6 Å². The van der Waals surface area contributed by atoms with Gasteiger partial charge in [0.05, 0.1) is 4.88 Å². The van der Waals surface area contributed by atoms with Gasteiger partial charge in [-0.15, -0.1) is 11.3 Å². The van der Waals surface area contributed by atoms with Crippen LogP contribution in [0.1, 0.15) is 16.5 Å². The molecule has 0 bridgehead atoms. The molecule has 4 rings (SSSR count). The van der Waals surface area contributed by atoms with Crippen molar-refractivity contribution in [3.05, 3.63) is 88.6 Å². The number of hydrogen-bond acceptors (Lipinski definition) is 3. The van der Waals surface area contributed by atoms with Crippen LogP contribution in [0.15, 0.2) is 78.2 Å². The van der Waals surface area contributed by atoms with Crippen LogP contribution in [-0.4, -0.2) is 43.5 Å². The smallest absolute Gasteiger partial charge is 0.277 e. The molecule has 4 nitrogen and oxygen atoms in total. The van der Waals surface area contributed by atoms with Crippen LogP contribution in [0.4, 0.5) is 5.69 Å². The molecule has 1 aliphatic rings. The monoisotopic (exact) mass is 392 g/mol. The van der Waals surface area contributed by atoms with Crippen LogP contribution in [0, 0.1) is 0 Å². The number of nitrogens with two attached hydrogens (primary N) is 1. The Hall–Kier alpha value is -2.63. The Labute approximate surface area is 170 Å². The van der Waals surface area contributed by atoms with E-state index in [0.717, 1.165) is 26.2 Å². The fourth-order valence-electron chi connectivity index (χ4n) is 3.75. The number of piperazine rings is 1. The molecule has 2 aromatic carbocycles. The molecule has 0 radical (unpaired) electrons. The maximum Gasteiger partial charge on any atom is 0.277 e. The van der Waals surface area contributed by atoms with Gasteiger partial charge in [-0.3, -0.25) is 4.79 Å². The van der Waals surface area contributed by atoms with E-state index in [1.165, 1.54) is 16.1 Å². The van der Waals surface area contributed by atoms with E-state index < -0.39 is 0 Å². The van der Waals surface area contributed by atoms with Gasteiger partial charge >= 0.3 is 0 Å². The van der Waals surface area contributed by atoms with Crippen LogP contribution in [-0.2, 0) is 4.79 Å². The molecule has 5 heteroatoms. The van der Waals surface area contributed by atoms with Crippen molar-refractivity contribution >= 4 is 22.9 Å². The summed E-state index contributed by atoms with van der Waals surface area (Å²) >= 11 is 1.75. The largest absolute Gasteiger partial charge is 0.368 e. The standard InChI is InChI=1S/C23H25N3OS/c27-22(26-15-13-25(14-16-26)20-10-5-2-6-11-20)18-24-23(21-12-7-17-28-21)19-8-3-1-4-9-19/h1-12,17,23-24H,13-16,18H2/p+1/t23-/m0/s1. The lowest BCUT2D eigenvalue weighted by atomic mass is 10.1. The van der Waals surface area contributed by atoms with Crippen molar-refractivity contribution in [3.63, 3.8) is 0 Å². The minimum absolute atomic E-state index is 0.177. The average molecular weight is 393 g/mol. The van der Waals surface area contributed by atoms with E-state index in [9.17, 15) is 4.79 Å². The Morgan fingerprint density at radius 1 is 0.893 bits per heavy atom. The molecule has 1 aliphatic heterocycles. The van der Waals surface area contributed by atoms with Crippen LogP contribution in [0.5, 0.6) is 0 Å². The topological polar surface area (TPSA) is 40.2 Å². The molecule has 1 fully saturated rings. The van der Waals surface area contributed by atoms with Gasteiger partial charge in [-0.05, 0) is 23.6 Å². The van der Waals surface area contributed by atoms with Crippen LogP contribution >= 0.6 is 11.3 Å². The quantitative estimate of drug-likeness (QED) is 0.701. The van der Waals surface area contributed by atoms with Gasteiger partial charge in [0, 0.05) is 37.4 Å². The summed E-state index contributed by atoms with van der Waals surface area (Å²) in [5.41, 5.74) is 2.48. The van der Waals surface area contributed by atoms with Crippen molar-refractivity contribution in [2.45, 2.75) is 6.04 Å². The molecule has 0 unspecified atom stereocenters. The number of quaternary nitrogens is 1. The summed E-state index contributed by atoms with van der Waals surface area (Å²) in [7, 11) is 0. The first kappa shape index (κ1) is 18.7. The summed E-state index contributed by atoms with van der Waals surface area (Å²) in [6.07, 6.45) is 0. The molecule has 1 aromatic heterocycles. The molecule has 1 saturated heterocycles. The second-order valence-corrected chi connectivity index (χ2v) is 8.03. The van der Waals surface area contributed by atoms with E-state index in [-0.39, 0.29) is 11.9 Å². The average Bonchev–Trinajstić information content (AvgIpc) is 3.30. The van der Waals surface area contributed by atoms with Gasteiger partial charge in [0.15, 0.2) is 6.54 Å². The maximum absolute atomic E-state index is 12.8. The number of hydrogen-bond donors (Lipinski definition) is 1. The summed E-state index contributed by atoms with van der Waals surface area (Å²) in [4.78, 5) is 18.5. The lowest BCUT2D eigenvalue weighted by Crippen LogP contribution is -2.87. The number of amides is 1. The molecular weight excluding hydrogens is 366 g/mol. The fourth-order valence-corrected chi connectivity index (χ4v) is 4.60. The zero-order valence-corrected chi connectivity index (χ0v) is 16.7. The molecule has 0 spiro atoms. The highest BCUT2D eigenvalue weighted by Crippen LogP contribution is 2.22. The molecule has 0 saturated carbocycles. The number of carbonyl (C=O) groups is 1. The third-order valence-electron chi connectivity index (χ3n) is 5.29. The van der Waals surface area contributed by atoms with E-state index in [0.29, 0.717) is 6.54 Å². The third kappa shape index (κ3) is 4.43. The van der Waals surface area contributed by atoms with Gasteiger partial charge in [0.2, 0.25) is 0 Å². The predicted molar refractivity (Wildman–Crippen MR) is 115 cm³/mol. The van der Waals surface area contributed by atoms with Gasteiger partial charge in [0.25, 0.3) is 5.91 Å². The van der Waals surface area contributed by atoms with Gasteiger partial charge < -0.3 is 15.1 Å². The molecular formula is C23H26N3OS+. The Kier molecular flexibility index (Phi) is 6.04. The number of nitrogens with zero attached hydrogens (tertiary/aromatic N) is 2. The summed E-state index contributed by atoms with van der Waals surface area (Å²) in [6, 6.07) is 25.3. The van der Waals surface area contributed by atoms with Crippen molar-refractivity contribution in [2.24, 2.45) is 0 Å². The lowest BCUT2D eigenvalue weighted by molar-refractivity contribution is -0.676. The van der Waals surface area contributed by atoms with Crippen LogP contribution < -0.4 is 10.2 Å². The highest BCUT2D eigenvalue weighted by Gasteiger charge is 2.25. The summed E-state index contributed by atoms with van der Waals surface area (Å²) in [6.45, 7) is 3.83. The van der Waals surface area contributed by atoms with Crippen molar-refractivity contribution in [1.29, 1.82) is 0 Å². The molecule has 2 heterocycles. The number of benzene rings is 2. The summed E-state index contributed by atoms with van der Waals surface area (Å²) in [5, 5.41) is 4.27. The molecule has 144 valence electrons. The van der Waals surface area contributed by atoms with Crippen LogP contribution in [0.3, 0.4) is 0 Å². The maximum atomic E-state index is 12.8. The van der Waals surface area contributed by atoms with E-state index in [2.05, 4.69) is 76.3 Å². The third-order valence-corrected chi connectivity index (χ3v) is 6.25. The first-order chi connectivity index (χ1) is 13.8. The Bertz CT molecular complexity index is 859. The minimum atomic E-state index is 0.177. The molecule has 0 aliphatic carbocycles. The number of rotatable bonds is 6. The first-order valence-corrected chi connectivity index (χ1v) is 10.7. The highest BCUT2D eigenvalue weighted by molar-refractivity contribution is 7.10. The van der Waals surface area contributed by atoms with Gasteiger partial charge in [-0.2, -0.15) is 0 Å². The molecule has 28 heavy (non-hydrogen) atoms. The van der Waals surface area contributed by atoms with Crippen molar-refractivity contribution in [3.8, 4) is 0 Å². The van der Waals surface area contributed by atoms with Gasteiger partial charge in [-0.25, -0.2) is 0 Å². The number of thiophene rings is 1. The van der Waals surface area contributed by atoms with E-state index >= 15 is 0 Å². The Balaban J connectivity index is 1.34. The minimum Gasteiger partial charge on any atom is -0.368 e. The highest BCUT2D eigenvalue weighted by atomic mass is 32.1. The fraction of sp³-hybridized carbons (Fsp3) is 0.261. The molecule has 3 aromatic rings. The predicted octanol–water partition coefficient (Wildman–Crippen LogP) is 2.75. The zero-order valence-electron chi connectivity index (χ0n) is 15.9. The Morgan fingerprint density at radius 3 is 2.21 bits per heavy atom. The Morgan fingerprint density at radius 2 is 1.57 bits per heavy atom. The lowest BCUT2D eigenvalue weighted by Gasteiger charge is -2.36. The number of carbonyl (C=O) groups excluding carboxylic acids is 1. The van der Waals surface area contributed by atoms with Crippen molar-refractivity contribution in [2.75, 3.05) is 37.6 Å². The van der Waals surface area contributed by atoms with Crippen molar-refractivity contribution < 1.29 is 10.1 Å². The summed E-state index contributed by atoms with van der Waals surface area (Å²) < 4.78 is 0. The number of anilines is 1. The van der Waals surface area contributed by atoms with Crippen molar-refractivity contribution in [1.82, 2.24) is 4.90 Å². The van der Waals surface area contributed by atoms with Crippen LogP contribution in [0.25, 0.3) is 0 Å². The second-order valence-electron chi connectivity index (χ2n) is 7.05. The SMILES string of the molecule is O=C(C[NH2+][C@@H](c1ccccc1)c1cccs1)N1CCN(c2ccccc2)CC1. The van der Waals surface area contributed by atoms with Crippen LogP contribution in [0.2, 0.25) is 0 Å². The van der Waals surface area contributed by atoms with E-state index in [1.807, 2.05) is 17.0 Å². The molecule has 1 amide bonds. The number of para-hydroxylation sites is 1. The zero-order chi connectivity index (χ0) is 19.2. The van der Waals surface area contributed by atoms with Gasteiger partial charge in [0.1, 0.15) is 6.04 Å². The van der Waals surface area contributed by atoms with E-state index in [1.54, 1.807) is 11.3 Å². The first-order valence-electron chi connectivity index (χ1n) is 9.81.